The highest BCUT2D eigenvalue weighted by molar-refractivity contribution is 5.77. The third-order valence-corrected chi connectivity index (χ3v) is 2.33. The molecule has 1 rings (SSSR count). The maximum atomic E-state index is 12.5. The van der Waals surface area contributed by atoms with Crippen LogP contribution in [0.4, 0.5) is 8.78 Å². The lowest BCUT2D eigenvalue weighted by Gasteiger charge is -2.38. The van der Waals surface area contributed by atoms with Crippen LogP contribution in [-0.2, 0) is 9.53 Å². The summed E-state index contributed by atoms with van der Waals surface area (Å²) in [6, 6.07) is 0. The first kappa shape index (κ1) is 13.3. The lowest BCUT2D eigenvalue weighted by atomic mass is 10.0. The second-order valence-corrected chi connectivity index (χ2v) is 4.13. The fourth-order valence-electron chi connectivity index (χ4n) is 1.15. The van der Waals surface area contributed by atoms with Crippen molar-refractivity contribution in [1.82, 2.24) is 10.6 Å². The van der Waals surface area contributed by atoms with E-state index in [0.29, 0.717) is 13.1 Å². The summed E-state index contributed by atoms with van der Waals surface area (Å²) in [5.74, 6) is -3.89. The summed E-state index contributed by atoms with van der Waals surface area (Å²) in [5.41, 5.74) is -0.378. The third-order valence-electron chi connectivity index (χ3n) is 2.33. The molecule has 1 amide bonds. The first-order chi connectivity index (χ1) is 7.37. The van der Waals surface area contributed by atoms with Gasteiger partial charge in [0.2, 0.25) is 5.91 Å². The summed E-state index contributed by atoms with van der Waals surface area (Å²) in [4.78, 5) is 11.1. The van der Waals surface area contributed by atoms with Crippen LogP contribution in [0.1, 0.15) is 6.92 Å². The van der Waals surface area contributed by atoms with E-state index in [9.17, 15) is 13.6 Å². The predicted octanol–water partition coefficient (Wildman–Crippen LogP) is -0.891. The molecule has 0 atom stereocenters. The molecule has 0 aromatic rings. The molecule has 0 bridgehead atoms. The van der Waals surface area contributed by atoms with E-state index in [1.54, 1.807) is 0 Å². The van der Waals surface area contributed by atoms with Gasteiger partial charge in [0.05, 0.1) is 12.1 Å². The van der Waals surface area contributed by atoms with Gasteiger partial charge in [0.25, 0.3) is 5.92 Å². The standard InChI is InChI=1S/C9H16F2N2O3/c1-8(3-12-4-8)16-2-7(15)13-5-9(10,11)6-14/h12,14H,2-6H2,1H3,(H,13,15). The highest BCUT2D eigenvalue weighted by Crippen LogP contribution is 2.14. The summed E-state index contributed by atoms with van der Waals surface area (Å²) in [6.45, 7) is 0.718. The number of halogens is 2. The number of aliphatic hydroxyl groups excluding tert-OH is 1. The Balaban J connectivity index is 2.16. The molecule has 0 saturated carbocycles. The fourth-order valence-corrected chi connectivity index (χ4v) is 1.15. The van der Waals surface area contributed by atoms with Gasteiger partial charge in [-0.05, 0) is 6.92 Å². The van der Waals surface area contributed by atoms with Crippen LogP contribution in [0.25, 0.3) is 0 Å². The Bertz CT molecular complexity index is 240. The Hall–Kier alpha value is -0.790. The number of carbonyl (C=O) groups excluding carboxylic acids is 1. The third kappa shape index (κ3) is 3.99. The lowest BCUT2D eigenvalue weighted by Crippen LogP contribution is -2.59. The van der Waals surface area contributed by atoms with Gasteiger partial charge in [0.1, 0.15) is 13.2 Å². The number of nitrogens with one attached hydrogen (secondary N) is 2. The van der Waals surface area contributed by atoms with E-state index in [1.165, 1.54) is 0 Å². The SMILES string of the molecule is CC1(OCC(=O)NCC(F)(F)CO)CNC1. The van der Waals surface area contributed by atoms with Crippen LogP contribution < -0.4 is 10.6 Å². The summed E-state index contributed by atoms with van der Waals surface area (Å²) in [6.07, 6.45) is 0. The molecule has 0 unspecified atom stereocenters. The number of rotatable bonds is 6. The van der Waals surface area contributed by atoms with E-state index in [4.69, 9.17) is 9.84 Å². The van der Waals surface area contributed by atoms with Gasteiger partial charge in [-0.25, -0.2) is 8.78 Å². The molecule has 0 spiro atoms. The number of aliphatic hydroxyl groups is 1. The highest BCUT2D eigenvalue weighted by atomic mass is 19.3. The second kappa shape index (κ2) is 5.03. The van der Waals surface area contributed by atoms with Crippen molar-refractivity contribution in [3.63, 3.8) is 0 Å². The van der Waals surface area contributed by atoms with Crippen LogP contribution in [-0.4, -0.2) is 55.4 Å². The minimum absolute atomic E-state index is 0.250. The molecule has 1 aliphatic heterocycles. The highest BCUT2D eigenvalue weighted by Gasteiger charge is 2.33. The van der Waals surface area contributed by atoms with Gasteiger partial charge in [-0.3, -0.25) is 4.79 Å². The Morgan fingerprint density at radius 2 is 2.25 bits per heavy atom. The number of carbonyl (C=O) groups is 1. The smallest absolute Gasteiger partial charge is 0.287 e. The van der Waals surface area contributed by atoms with E-state index in [1.807, 2.05) is 12.2 Å². The minimum Gasteiger partial charge on any atom is -0.390 e. The Morgan fingerprint density at radius 3 is 2.69 bits per heavy atom. The molecule has 1 aliphatic rings. The Morgan fingerprint density at radius 1 is 1.62 bits per heavy atom. The molecule has 5 nitrogen and oxygen atoms in total. The van der Waals surface area contributed by atoms with E-state index in [2.05, 4.69) is 5.32 Å². The van der Waals surface area contributed by atoms with Gasteiger partial charge in [0.15, 0.2) is 0 Å². The molecule has 3 N–H and O–H groups in total. The zero-order valence-electron chi connectivity index (χ0n) is 9.06. The molecule has 0 aliphatic carbocycles. The van der Waals surface area contributed by atoms with Crippen molar-refractivity contribution >= 4 is 5.91 Å². The summed E-state index contributed by atoms with van der Waals surface area (Å²) < 4.78 is 30.3. The summed E-state index contributed by atoms with van der Waals surface area (Å²) in [7, 11) is 0. The van der Waals surface area contributed by atoms with Crippen LogP contribution in [0.15, 0.2) is 0 Å². The van der Waals surface area contributed by atoms with Gasteiger partial charge >= 0.3 is 0 Å². The first-order valence-electron chi connectivity index (χ1n) is 4.97. The van der Waals surface area contributed by atoms with Crippen molar-refractivity contribution < 1.29 is 23.4 Å². The maximum absolute atomic E-state index is 12.5. The number of hydrogen-bond acceptors (Lipinski definition) is 4. The molecule has 16 heavy (non-hydrogen) atoms. The largest absolute Gasteiger partial charge is 0.390 e. The lowest BCUT2D eigenvalue weighted by molar-refractivity contribution is -0.138. The average Bonchev–Trinajstić information content (AvgIpc) is 2.21. The summed E-state index contributed by atoms with van der Waals surface area (Å²) in [5, 5.41) is 13.3. The molecule has 1 heterocycles. The van der Waals surface area contributed by atoms with Gasteiger partial charge in [0, 0.05) is 13.1 Å². The molecule has 1 saturated heterocycles. The molecule has 0 aromatic carbocycles. The molecule has 1 fully saturated rings. The molecular formula is C9H16F2N2O3. The molecular weight excluding hydrogens is 222 g/mol. The van der Waals surface area contributed by atoms with Gasteiger partial charge < -0.3 is 20.5 Å². The fraction of sp³-hybridized carbons (Fsp3) is 0.889. The van der Waals surface area contributed by atoms with E-state index in [0.717, 1.165) is 0 Å². The first-order valence-corrected chi connectivity index (χ1v) is 4.97. The minimum atomic E-state index is -3.28. The van der Waals surface area contributed by atoms with Crippen LogP contribution >= 0.6 is 0 Å². The van der Waals surface area contributed by atoms with E-state index in [-0.39, 0.29) is 12.2 Å². The van der Waals surface area contributed by atoms with Gasteiger partial charge in [-0.2, -0.15) is 0 Å². The Kier molecular flexibility index (Phi) is 4.17. The number of amides is 1. The number of alkyl halides is 2. The van der Waals surface area contributed by atoms with Crippen molar-refractivity contribution in [3.05, 3.63) is 0 Å². The van der Waals surface area contributed by atoms with E-state index < -0.39 is 25.0 Å². The molecule has 94 valence electrons. The van der Waals surface area contributed by atoms with Crippen molar-refractivity contribution in [3.8, 4) is 0 Å². The zero-order chi connectivity index (χ0) is 12.2. The Labute approximate surface area is 92.2 Å². The van der Waals surface area contributed by atoms with E-state index >= 15 is 0 Å². The normalized spacial score (nSPS) is 19.0. The van der Waals surface area contributed by atoms with Crippen LogP contribution in [0.2, 0.25) is 0 Å². The van der Waals surface area contributed by atoms with Crippen LogP contribution in [0.5, 0.6) is 0 Å². The molecule has 7 heteroatoms. The zero-order valence-corrected chi connectivity index (χ0v) is 9.06. The number of ether oxygens (including phenoxy) is 1. The second-order valence-electron chi connectivity index (χ2n) is 4.13. The quantitative estimate of drug-likeness (QED) is 0.561. The van der Waals surface area contributed by atoms with Gasteiger partial charge in [-0.15, -0.1) is 0 Å². The number of hydrogen-bond donors (Lipinski definition) is 3. The topological polar surface area (TPSA) is 70.6 Å². The average molecular weight is 238 g/mol. The van der Waals surface area contributed by atoms with Gasteiger partial charge in [-0.1, -0.05) is 0 Å². The van der Waals surface area contributed by atoms with Crippen molar-refractivity contribution in [2.45, 2.75) is 18.4 Å². The summed E-state index contributed by atoms with van der Waals surface area (Å²) >= 11 is 0. The molecule has 0 radical (unpaired) electrons. The van der Waals surface area contributed by atoms with Crippen LogP contribution in [0, 0.1) is 0 Å². The monoisotopic (exact) mass is 238 g/mol. The van der Waals surface area contributed by atoms with Crippen LogP contribution in [0.3, 0.4) is 0 Å². The maximum Gasteiger partial charge on any atom is 0.287 e. The van der Waals surface area contributed by atoms with Crippen molar-refractivity contribution in [2.24, 2.45) is 0 Å². The van der Waals surface area contributed by atoms with Crippen molar-refractivity contribution in [1.29, 1.82) is 0 Å². The predicted molar refractivity (Wildman–Crippen MR) is 52.3 cm³/mol. The molecule has 0 aromatic heterocycles. The van der Waals surface area contributed by atoms with Crippen molar-refractivity contribution in [2.75, 3.05) is 32.8 Å².